The quantitative estimate of drug-likeness (QED) is 0.646. The van der Waals surface area contributed by atoms with E-state index < -0.39 is 0 Å². The molecule has 7 heteroatoms. The Bertz CT molecular complexity index is 277. The fourth-order valence-corrected chi connectivity index (χ4v) is 0.678. The van der Waals surface area contributed by atoms with Crippen molar-refractivity contribution in [2.75, 3.05) is 12.4 Å². The molecule has 0 unspecified atom stereocenters. The zero-order valence-electron chi connectivity index (χ0n) is 5.87. The molecule has 56 valence electrons. The molecule has 1 rings (SSSR count). The number of rotatable bonds is 2. The molecule has 1 aromatic rings. The second-order valence-corrected chi connectivity index (χ2v) is 1.97. The van der Waals surface area contributed by atoms with E-state index in [1.54, 1.807) is 7.05 Å². The van der Waals surface area contributed by atoms with Gasteiger partial charge in [-0.25, -0.2) is 0 Å². The molecule has 0 saturated carbocycles. The third-order valence-electron chi connectivity index (χ3n) is 0.961. The number of hydrogen-bond acceptors (Lipinski definition) is 5. The van der Waals surface area contributed by atoms with Gasteiger partial charge < -0.3 is 0 Å². The molecule has 0 aromatic carbocycles. The summed E-state index contributed by atoms with van der Waals surface area (Å²) in [6, 6.07) is 0. The van der Waals surface area contributed by atoms with Crippen molar-refractivity contribution in [1.82, 2.24) is 15.0 Å². The van der Waals surface area contributed by atoms with Crippen molar-refractivity contribution in [1.29, 1.82) is 0 Å². The first kappa shape index (κ1) is 8.07. The molecule has 0 bridgehead atoms. The van der Waals surface area contributed by atoms with Crippen LogP contribution in [0.1, 0.15) is 0 Å². The summed E-state index contributed by atoms with van der Waals surface area (Å²) in [5.41, 5.74) is 0. The topological polar surface area (TPSA) is 63.1 Å². The molecule has 1 N–H and O–H groups in total. The van der Waals surface area contributed by atoms with Crippen molar-refractivity contribution in [2.45, 2.75) is 0 Å². The van der Waals surface area contributed by atoms with E-state index in [-0.39, 0.29) is 11.2 Å². The van der Waals surface area contributed by atoms with Crippen molar-refractivity contribution in [3.8, 4) is 0 Å². The molecule has 0 aliphatic heterocycles. The molecule has 0 spiro atoms. The van der Waals surface area contributed by atoms with Gasteiger partial charge in [0.1, 0.15) is 0 Å². The Labute approximate surface area is 69.4 Å². The van der Waals surface area contributed by atoms with Crippen LogP contribution >= 0.6 is 11.6 Å². The van der Waals surface area contributed by atoms with Crippen LogP contribution in [0.15, 0.2) is 4.90 Å². The molecule has 0 aliphatic rings. The van der Waals surface area contributed by atoms with Gasteiger partial charge in [-0.1, -0.05) is 0 Å². The number of anilines is 1. The van der Waals surface area contributed by atoms with Crippen molar-refractivity contribution >= 4 is 31.1 Å². The van der Waals surface area contributed by atoms with Crippen LogP contribution < -0.4 is 5.32 Å². The predicted molar refractivity (Wildman–Crippen MR) is 43.6 cm³/mol. The van der Waals surface area contributed by atoms with Gasteiger partial charge in [0.05, 0.1) is 0 Å². The molecule has 1 aromatic heterocycles. The van der Waals surface area contributed by atoms with Crippen molar-refractivity contribution in [3.05, 3.63) is 5.28 Å². The van der Waals surface area contributed by atoms with E-state index in [2.05, 4.69) is 32.8 Å². The van der Waals surface area contributed by atoms with Crippen LogP contribution in [-0.2, 0) is 0 Å². The zero-order chi connectivity index (χ0) is 8.27. The van der Waals surface area contributed by atoms with Crippen LogP contribution in [0, 0.1) is 0 Å². The Morgan fingerprint density at radius 3 is 2.73 bits per heavy atom. The first-order valence-corrected chi connectivity index (χ1v) is 3.20. The maximum atomic E-state index is 5.52. The monoisotopic (exact) mass is 169 g/mol. The maximum absolute atomic E-state index is 5.52. The number of aromatic nitrogens is 3. The summed E-state index contributed by atoms with van der Waals surface area (Å²) >= 11 is 5.52. The van der Waals surface area contributed by atoms with E-state index in [0.717, 1.165) is 0 Å². The van der Waals surface area contributed by atoms with Crippen LogP contribution in [0.3, 0.4) is 0 Å². The number of nitrogens with zero attached hydrogens (tertiary/aromatic N) is 4. The summed E-state index contributed by atoms with van der Waals surface area (Å²) in [5, 5.41) is 2.81. The van der Waals surface area contributed by atoms with Crippen molar-refractivity contribution in [2.24, 2.45) is 4.90 Å². The normalized spacial score (nSPS) is 9.18. The molecule has 11 heavy (non-hydrogen) atoms. The summed E-state index contributed by atoms with van der Waals surface area (Å²) in [4.78, 5) is 14.7. The third kappa shape index (κ3) is 1.94. The van der Waals surface area contributed by atoms with E-state index in [1.807, 2.05) is 0 Å². The minimum atomic E-state index is 0.103. The van der Waals surface area contributed by atoms with Gasteiger partial charge in [-0.05, 0) is 0 Å². The minimum absolute atomic E-state index is 0.103. The Hall–Kier alpha value is -1.04. The fraction of sp³-hybridized carbons (Fsp3) is 0.250. The Morgan fingerprint density at radius 1 is 1.45 bits per heavy atom. The van der Waals surface area contributed by atoms with Crippen LogP contribution in [0.4, 0.5) is 11.9 Å². The Balaban J connectivity index is 3.11. The SMILES string of the molecule is B=Nc1nc(Cl)nc(NC)n1. The van der Waals surface area contributed by atoms with E-state index >= 15 is 0 Å². The number of halogens is 1. The van der Waals surface area contributed by atoms with E-state index in [4.69, 9.17) is 11.6 Å². The van der Waals surface area contributed by atoms with E-state index in [1.165, 1.54) is 0 Å². The van der Waals surface area contributed by atoms with Gasteiger partial charge in [0.2, 0.25) is 0 Å². The van der Waals surface area contributed by atoms with Gasteiger partial charge >= 0.3 is 68.6 Å². The van der Waals surface area contributed by atoms with Gasteiger partial charge in [-0.15, -0.1) is 0 Å². The van der Waals surface area contributed by atoms with E-state index in [0.29, 0.717) is 5.95 Å². The average Bonchev–Trinajstić information content (AvgIpc) is 2.03. The van der Waals surface area contributed by atoms with Gasteiger partial charge in [0.15, 0.2) is 0 Å². The van der Waals surface area contributed by atoms with Crippen LogP contribution in [0.5, 0.6) is 0 Å². The second-order valence-electron chi connectivity index (χ2n) is 1.64. The summed E-state index contributed by atoms with van der Waals surface area (Å²) in [5.74, 6) is 0.599. The Morgan fingerprint density at radius 2 is 2.18 bits per heavy atom. The third-order valence-corrected chi connectivity index (χ3v) is 1.13. The number of nitrogens with one attached hydrogen (secondary N) is 1. The fourth-order valence-electron chi connectivity index (χ4n) is 0.522. The van der Waals surface area contributed by atoms with E-state index in [9.17, 15) is 0 Å². The Kier molecular flexibility index (Phi) is 2.48. The molecule has 0 fully saturated rings. The molecule has 0 aliphatic carbocycles. The standard InChI is InChI=1S/C4H5BClN5/c1-7-3-8-2(6)9-4(10-3)11-5/h5H,1H3,(H,7,8,9,10). The summed E-state index contributed by atoms with van der Waals surface area (Å²) in [6.45, 7) is 0. The summed E-state index contributed by atoms with van der Waals surface area (Å²) < 4.78 is 0. The summed E-state index contributed by atoms with van der Waals surface area (Å²) in [7, 11) is 4.94. The predicted octanol–water partition coefficient (Wildman–Crippen LogP) is 0.283. The molecule has 0 atom stereocenters. The molecule has 5 nitrogen and oxygen atoms in total. The molecule has 0 saturated heterocycles. The molecular formula is C4H5BClN5. The zero-order valence-corrected chi connectivity index (χ0v) is 6.63. The molecule has 1 heterocycles. The van der Waals surface area contributed by atoms with Gasteiger partial charge in [-0.3, -0.25) is 0 Å². The van der Waals surface area contributed by atoms with Crippen LogP contribution in [-0.4, -0.2) is 29.6 Å². The van der Waals surface area contributed by atoms with Gasteiger partial charge in [0.25, 0.3) is 0 Å². The van der Waals surface area contributed by atoms with Gasteiger partial charge in [-0.2, -0.15) is 0 Å². The average molecular weight is 169 g/mol. The summed E-state index contributed by atoms with van der Waals surface area (Å²) in [6.07, 6.45) is 0. The second kappa shape index (κ2) is 3.38. The first-order chi connectivity index (χ1) is 5.26. The van der Waals surface area contributed by atoms with Crippen molar-refractivity contribution < 1.29 is 0 Å². The molecule has 0 amide bonds. The first-order valence-electron chi connectivity index (χ1n) is 2.82. The molecule has 0 radical (unpaired) electrons. The number of hydrogen-bond donors (Lipinski definition) is 1. The van der Waals surface area contributed by atoms with Gasteiger partial charge in [0, 0.05) is 0 Å². The van der Waals surface area contributed by atoms with Crippen LogP contribution in [0.25, 0.3) is 0 Å². The van der Waals surface area contributed by atoms with Crippen molar-refractivity contribution in [3.63, 3.8) is 0 Å². The van der Waals surface area contributed by atoms with Crippen LogP contribution in [0.2, 0.25) is 5.28 Å². The molecular weight excluding hydrogens is 164 g/mol.